The van der Waals surface area contributed by atoms with Crippen molar-refractivity contribution < 1.29 is 101 Å². The van der Waals surface area contributed by atoms with Gasteiger partial charge in [0.2, 0.25) is 0 Å². The van der Waals surface area contributed by atoms with Gasteiger partial charge < -0.3 is 0 Å². The molecule has 0 aromatic carbocycles. The van der Waals surface area contributed by atoms with Crippen LogP contribution in [-0.4, -0.2) is 0 Å². The van der Waals surface area contributed by atoms with E-state index in [9.17, 15) is 0 Å². The van der Waals surface area contributed by atoms with Gasteiger partial charge in [0.25, 0.3) is 0 Å². The Hall–Kier alpha value is 3.04. The zero-order valence-corrected chi connectivity index (χ0v) is 7.64. The average Bonchev–Trinajstić information content (AvgIpc) is 0. The molecular weight excluding hydrogens is 367 g/mol. The molecule has 0 bridgehead atoms. The van der Waals surface area contributed by atoms with Crippen LogP contribution in [0.5, 0.6) is 0 Å². The van der Waals surface area contributed by atoms with Gasteiger partial charge in [-0.05, 0) is 0 Å². The first-order chi connectivity index (χ1) is 0. The molecule has 0 amide bonds. The molecule has 0 rings (SSSR count). The van der Waals surface area contributed by atoms with Crippen molar-refractivity contribution in [2.45, 2.75) is 0 Å². The molecule has 0 nitrogen and oxygen atoms in total. The maximum absolute atomic E-state index is 0. The minimum Gasteiger partial charge on any atom is 0 e. The minimum absolute atomic E-state index is 0. The van der Waals surface area contributed by atoms with E-state index in [1.54, 1.807) is 0 Å². The van der Waals surface area contributed by atoms with Crippen LogP contribution in [0, 0.1) is 0 Å². The summed E-state index contributed by atoms with van der Waals surface area (Å²) in [5, 5.41) is 0. The van der Waals surface area contributed by atoms with E-state index in [1.807, 2.05) is 0 Å². The molecule has 0 saturated carbocycles. The molecule has 0 N–H and O–H groups in total. The third kappa shape index (κ3) is 27.8. The van der Waals surface area contributed by atoms with Crippen LogP contribution >= 0.6 is 0 Å². The van der Waals surface area contributed by atoms with Crippen molar-refractivity contribution >= 4 is 0 Å². The normalized spacial score (nSPS) is 0. The summed E-state index contributed by atoms with van der Waals surface area (Å²) in [6.45, 7) is 0. The molecule has 0 saturated heterocycles. The van der Waals surface area contributed by atoms with Gasteiger partial charge in [-0.3, -0.25) is 0 Å². The molecule has 0 fully saturated rings. The first-order valence-electron chi connectivity index (χ1n) is 0. The number of hydrogen-bond donors (Lipinski definition) is 0. The molecule has 0 heterocycles. The predicted octanol–water partition coefficient (Wildman–Crippen LogP) is -0.0150. The molecule has 6 heavy (non-hydrogen) atoms. The molecule has 6 heteroatoms. The van der Waals surface area contributed by atoms with E-state index in [4.69, 9.17) is 0 Å². The Morgan fingerprint density at radius 3 is 0.333 bits per heavy atom. The molecule has 0 aliphatic heterocycles. The first kappa shape index (κ1) is 63.3. The standard InChI is InChI=1S/3Cu.3Ni. The third-order valence-corrected chi connectivity index (χ3v) is 0. The summed E-state index contributed by atoms with van der Waals surface area (Å²) in [4.78, 5) is 0. The fourth-order valence-corrected chi connectivity index (χ4v) is 0. The van der Waals surface area contributed by atoms with Crippen molar-refractivity contribution in [1.29, 1.82) is 0 Å². The molecule has 3 radical (unpaired) electrons. The quantitative estimate of drug-likeness (QED) is 0.529. The monoisotopic (exact) mass is 363 g/mol. The average molecular weight is 367 g/mol. The van der Waals surface area contributed by atoms with Crippen molar-refractivity contribution in [3.8, 4) is 0 Å². The van der Waals surface area contributed by atoms with E-state index in [0.717, 1.165) is 0 Å². The second-order valence-corrected chi connectivity index (χ2v) is 0. The van der Waals surface area contributed by atoms with Gasteiger partial charge in [0.05, 0.1) is 0 Å². The van der Waals surface area contributed by atoms with Gasteiger partial charge in [0.1, 0.15) is 0 Å². The summed E-state index contributed by atoms with van der Waals surface area (Å²) in [7, 11) is 0. The number of hydrogen-bond acceptors (Lipinski definition) is 0. The van der Waals surface area contributed by atoms with Gasteiger partial charge in [-0.1, -0.05) is 0 Å². The summed E-state index contributed by atoms with van der Waals surface area (Å²) >= 11 is 0. The van der Waals surface area contributed by atoms with Gasteiger partial charge in [0, 0.05) is 101 Å². The predicted molar refractivity (Wildman–Crippen MR) is 0 cm³/mol. The van der Waals surface area contributed by atoms with Crippen LogP contribution in [0.1, 0.15) is 0 Å². The zero-order chi connectivity index (χ0) is 0. The third-order valence-electron chi connectivity index (χ3n) is 0. The van der Waals surface area contributed by atoms with E-state index in [-0.39, 0.29) is 101 Å². The first-order valence-corrected chi connectivity index (χ1v) is 0. The Kier molecular flexibility index (Phi) is 455. The van der Waals surface area contributed by atoms with Gasteiger partial charge in [-0.15, -0.1) is 0 Å². The van der Waals surface area contributed by atoms with Crippen molar-refractivity contribution in [3.63, 3.8) is 0 Å². The summed E-state index contributed by atoms with van der Waals surface area (Å²) in [6, 6.07) is 0. The van der Waals surface area contributed by atoms with Crippen LogP contribution in [0.2, 0.25) is 0 Å². The van der Waals surface area contributed by atoms with Crippen molar-refractivity contribution in [1.82, 2.24) is 0 Å². The van der Waals surface area contributed by atoms with Crippen molar-refractivity contribution in [2.75, 3.05) is 0 Å². The maximum atomic E-state index is 0. The second-order valence-electron chi connectivity index (χ2n) is 0. The fraction of sp³-hybridized carbons (Fsp3) is 0. The SMILES string of the molecule is [Cu].[Cu].[Cu].[Ni].[Ni].[Ni]. The minimum atomic E-state index is 0. The van der Waals surface area contributed by atoms with Crippen molar-refractivity contribution in [2.24, 2.45) is 0 Å². The van der Waals surface area contributed by atoms with E-state index < -0.39 is 0 Å². The largest absolute Gasteiger partial charge is 0 e. The fourth-order valence-electron chi connectivity index (χ4n) is 0. The molecule has 0 spiro atoms. The summed E-state index contributed by atoms with van der Waals surface area (Å²) in [5.74, 6) is 0. The van der Waals surface area contributed by atoms with Crippen molar-refractivity contribution in [3.05, 3.63) is 0 Å². The van der Waals surface area contributed by atoms with Crippen LogP contribution in [0.15, 0.2) is 0 Å². The maximum Gasteiger partial charge on any atom is 0 e. The Bertz CT molecular complexity index is 6.00. The molecule has 0 aromatic heterocycles. The van der Waals surface area contributed by atoms with Crippen LogP contribution in [0.4, 0.5) is 0 Å². The summed E-state index contributed by atoms with van der Waals surface area (Å²) < 4.78 is 0. The van der Waals surface area contributed by atoms with E-state index in [0.29, 0.717) is 0 Å². The van der Waals surface area contributed by atoms with Gasteiger partial charge in [-0.2, -0.15) is 0 Å². The molecule has 0 aliphatic carbocycles. The van der Waals surface area contributed by atoms with Crippen LogP contribution < -0.4 is 0 Å². The molecule has 0 unspecified atom stereocenters. The molecule has 0 atom stereocenters. The summed E-state index contributed by atoms with van der Waals surface area (Å²) in [6.07, 6.45) is 0. The Morgan fingerprint density at radius 1 is 0.333 bits per heavy atom. The zero-order valence-electron chi connectivity index (χ0n) is 1.85. The van der Waals surface area contributed by atoms with Crippen LogP contribution in [0.25, 0.3) is 0 Å². The van der Waals surface area contributed by atoms with Crippen LogP contribution in [-0.2, 0) is 101 Å². The molecule has 0 aromatic rings. The molecule has 63 valence electrons. The van der Waals surface area contributed by atoms with Gasteiger partial charge in [0.15, 0.2) is 0 Å². The second kappa shape index (κ2) is 43.1. The smallest absolute Gasteiger partial charge is 0 e. The Morgan fingerprint density at radius 2 is 0.333 bits per heavy atom. The van der Waals surface area contributed by atoms with E-state index >= 15 is 0 Å². The van der Waals surface area contributed by atoms with Gasteiger partial charge in [-0.25, -0.2) is 0 Å². The summed E-state index contributed by atoms with van der Waals surface area (Å²) in [5.41, 5.74) is 0. The number of rotatable bonds is 0. The van der Waals surface area contributed by atoms with E-state index in [1.165, 1.54) is 0 Å². The Labute approximate surface area is 99.3 Å². The van der Waals surface area contributed by atoms with Gasteiger partial charge >= 0.3 is 0 Å². The topological polar surface area (TPSA) is 0 Å². The molecular formula is Cu3Ni3. The molecule has 0 aliphatic rings. The Balaban J connectivity index is 0. The van der Waals surface area contributed by atoms with Crippen LogP contribution in [0.3, 0.4) is 0 Å². The van der Waals surface area contributed by atoms with E-state index in [2.05, 4.69) is 0 Å².